The number of benzene rings is 1. The van der Waals surface area contributed by atoms with E-state index in [2.05, 4.69) is 48.4 Å². The van der Waals surface area contributed by atoms with E-state index in [0.717, 1.165) is 25.3 Å². The van der Waals surface area contributed by atoms with Gasteiger partial charge in [-0.2, -0.15) is 0 Å². The summed E-state index contributed by atoms with van der Waals surface area (Å²) in [4.78, 5) is 2.56. The van der Waals surface area contributed by atoms with Gasteiger partial charge in [-0.25, -0.2) is 0 Å². The van der Waals surface area contributed by atoms with E-state index in [1.807, 2.05) is 11.3 Å². The number of fused-ring (bicyclic) bond motifs is 1. The van der Waals surface area contributed by atoms with Crippen LogP contribution < -0.4 is 4.74 Å². The molecule has 3 heteroatoms. The summed E-state index contributed by atoms with van der Waals surface area (Å²) < 4.78 is 7.18. The van der Waals surface area contributed by atoms with Crippen molar-refractivity contribution in [1.82, 2.24) is 4.90 Å². The van der Waals surface area contributed by atoms with E-state index in [0.29, 0.717) is 0 Å². The highest BCUT2D eigenvalue weighted by atomic mass is 32.1. The first-order valence-corrected chi connectivity index (χ1v) is 9.26. The zero-order valence-electron chi connectivity index (χ0n) is 13.6. The lowest BCUT2D eigenvalue weighted by molar-refractivity contribution is 0.297. The summed E-state index contributed by atoms with van der Waals surface area (Å²) in [6.07, 6.45) is 6.15. The average Bonchev–Trinajstić information content (AvgIpc) is 2.99. The predicted octanol–water partition coefficient (Wildman–Crippen LogP) is 5.19. The second-order valence-corrected chi connectivity index (χ2v) is 6.76. The van der Waals surface area contributed by atoms with Crippen molar-refractivity contribution in [3.8, 4) is 5.75 Å². The second kappa shape index (κ2) is 7.30. The van der Waals surface area contributed by atoms with Crippen molar-refractivity contribution in [3.05, 3.63) is 35.2 Å². The molecule has 1 aliphatic heterocycles. The Morgan fingerprint density at radius 2 is 2.18 bits per heavy atom. The van der Waals surface area contributed by atoms with Crippen LogP contribution in [-0.4, -0.2) is 31.1 Å². The molecule has 2 heterocycles. The van der Waals surface area contributed by atoms with Crippen molar-refractivity contribution in [2.45, 2.75) is 33.1 Å². The van der Waals surface area contributed by atoms with E-state index in [-0.39, 0.29) is 0 Å². The molecule has 0 saturated carbocycles. The Morgan fingerprint density at radius 1 is 1.27 bits per heavy atom. The average molecular weight is 315 g/mol. The van der Waals surface area contributed by atoms with Crippen LogP contribution in [0.15, 0.2) is 29.7 Å². The van der Waals surface area contributed by atoms with Gasteiger partial charge in [0.25, 0.3) is 0 Å². The summed E-state index contributed by atoms with van der Waals surface area (Å²) in [7, 11) is 0. The van der Waals surface area contributed by atoms with Crippen LogP contribution in [-0.2, 0) is 0 Å². The standard InChI is InChI=1S/C19H25NOS/c1-3-5-11-20-12-9-15(10-13-20)16-14-22-18-8-6-7-17(19(16)18)21-4-2/h6-9,14H,3-5,10-13H2,1-2H3. The zero-order valence-corrected chi connectivity index (χ0v) is 14.4. The lowest BCUT2D eigenvalue weighted by atomic mass is 9.98. The first-order chi connectivity index (χ1) is 10.8. The van der Waals surface area contributed by atoms with Crippen LogP contribution in [0.1, 0.15) is 38.7 Å². The first-order valence-electron chi connectivity index (χ1n) is 8.38. The van der Waals surface area contributed by atoms with Gasteiger partial charge in [0, 0.05) is 23.2 Å². The van der Waals surface area contributed by atoms with Gasteiger partial charge < -0.3 is 4.74 Å². The highest BCUT2D eigenvalue weighted by Crippen LogP contribution is 2.39. The first kappa shape index (κ1) is 15.6. The minimum absolute atomic E-state index is 0.720. The molecule has 1 aromatic heterocycles. The molecule has 3 rings (SSSR count). The van der Waals surface area contributed by atoms with Gasteiger partial charge in [0.2, 0.25) is 0 Å². The predicted molar refractivity (Wildman–Crippen MR) is 96.9 cm³/mol. The van der Waals surface area contributed by atoms with Crippen molar-refractivity contribution < 1.29 is 4.74 Å². The van der Waals surface area contributed by atoms with Crippen molar-refractivity contribution >= 4 is 27.0 Å². The molecule has 0 bridgehead atoms. The summed E-state index contributed by atoms with van der Waals surface area (Å²) in [5, 5.41) is 3.61. The topological polar surface area (TPSA) is 12.5 Å². The Labute approximate surface area is 137 Å². The van der Waals surface area contributed by atoms with Gasteiger partial charge in [-0.05, 0) is 55.0 Å². The van der Waals surface area contributed by atoms with Crippen LogP contribution in [0.4, 0.5) is 0 Å². The van der Waals surface area contributed by atoms with Gasteiger partial charge >= 0.3 is 0 Å². The highest BCUT2D eigenvalue weighted by Gasteiger charge is 2.17. The molecule has 0 unspecified atom stereocenters. The molecule has 0 amide bonds. The van der Waals surface area contributed by atoms with E-state index < -0.39 is 0 Å². The molecular formula is C19H25NOS. The number of hydrogen-bond donors (Lipinski definition) is 0. The summed E-state index contributed by atoms with van der Waals surface area (Å²) in [5.41, 5.74) is 2.88. The van der Waals surface area contributed by atoms with Crippen LogP contribution in [0.2, 0.25) is 0 Å². The maximum absolute atomic E-state index is 5.85. The van der Waals surface area contributed by atoms with Gasteiger partial charge in [-0.15, -0.1) is 11.3 Å². The quantitative estimate of drug-likeness (QED) is 0.727. The van der Waals surface area contributed by atoms with E-state index in [1.54, 1.807) is 0 Å². The molecule has 0 spiro atoms. The molecule has 1 aliphatic rings. The minimum Gasteiger partial charge on any atom is -0.493 e. The zero-order chi connectivity index (χ0) is 15.4. The van der Waals surface area contributed by atoms with E-state index in [9.17, 15) is 0 Å². The monoisotopic (exact) mass is 315 g/mol. The largest absolute Gasteiger partial charge is 0.493 e. The number of nitrogens with zero attached hydrogens (tertiary/aromatic N) is 1. The van der Waals surface area contributed by atoms with Crippen LogP contribution in [0.25, 0.3) is 15.7 Å². The fourth-order valence-corrected chi connectivity index (χ4v) is 4.11. The molecule has 0 radical (unpaired) electrons. The lowest BCUT2D eigenvalue weighted by Gasteiger charge is -2.26. The highest BCUT2D eigenvalue weighted by molar-refractivity contribution is 7.17. The third-order valence-electron chi connectivity index (χ3n) is 4.33. The molecule has 0 atom stereocenters. The molecule has 118 valence electrons. The van der Waals surface area contributed by atoms with Crippen LogP contribution in [0.5, 0.6) is 5.75 Å². The van der Waals surface area contributed by atoms with Gasteiger partial charge in [0.15, 0.2) is 0 Å². The number of hydrogen-bond acceptors (Lipinski definition) is 3. The van der Waals surface area contributed by atoms with Crippen LogP contribution >= 0.6 is 11.3 Å². The molecule has 0 aliphatic carbocycles. The Bertz CT molecular complexity index is 658. The van der Waals surface area contributed by atoms with Crippen molar-refractivity contribution in [3.63, 3.8) is 0 Å². The molecule has 22 heavy (non-hydrogen) atoms. The van der Waals surface area contributed by atoms with Gasteiger partial charge in [-0.3, -0.25) is 4.90 Å². The smallest absolute Gasteiger partial charge is 0.128 e. The number of rotatable bonds is 6. The molecule has 1 aromatic carbocycles. The fourth-order valence-electron chi connectivity index (χ4n) is 3.11. The third kappa shape index (κ3) is 3.21. The van der Waals surface area contributed by atoms with Gasteiger partial charge in [-0.1, -0.05) is 25.5 Å². The van der Waals surface area contributed by atoms with Crippen molar-refractivity contribution in [2.75, 3.05) is 26.2 Å². The summed E-state index contributed by atoms with van der Waals surface area (Å²) >= 11 is 1.83. The summed E-state index contributed by atoms with van der Waals surface area (Å²) in [6, 6.07) is 6.39. The maximum atomic E-state index is 5.85. The van der Waals surface area contributed by atoms with E-state index >= 15 is 0 Å². The molecule has 0 saturated heterocycles. The van der Waals surface area contributed by atoms with Gasteiger partial charge in [0.05, 0.1) is 6.61 Å². The third-order valence-corrected chi connectivity index (χ3v) is 5.28. The molecule has 2 aromatic rings. The van der Waals surface area contributed by atoms with Crippen LogP contribution in [0, 0.1) is 0 Å². The maximum Gasteiger partial charge on any atom is 0.128 e. The second-order valence-electron chi connectivity index (χ2n) is 5.85. The fraction of sp³-hybridized carbons (Fsp3) is 0.474. The Balaban J connectivity index is 1.86. The molecule has 2 nitrogen and oxygen atoms in total. The van der Waals surface area contributed by atoms with Crippen molar-refractivity contribution in [1.29, 1.82) is 0 Å². The number of unbranched alkanes of at least 4 members (excludes halogenated alkanes) is 1. The van der Waals surface area contributed by atoms with E-state index in [4.69, 9.17) is 4.74 Å². The lowest BCUT2D eigenvalue weighted by Crippen LogP contribution is -2.29. The van der Waals surface area contributed by atoms with Gasteiger partial charge in [0.1, 0.15) is 5.75 Å². The van der Waals surface area contributed by atoms with E-state index in [1.165, 1.54) is 47.2 Å². The Kier molecular flexibility index (Phi) is 5.16. The summed E-state index contributed by atoms with van der Waals surface area (Å²) in [5.74, 6) is 1.03. The van der Waals surface area contributed by atoms with Crippen LogP contribution in [0.3, 0.4) is 0 Å². The number of ether oxygens (including phenoxy) is 1. The Hall–Kier alpha value is -1.32. The molecular weight excluding hydrogens is 290 g/mol. The summed E-state index contributed by atoms with van der Waals surface area (Å²) in [6.45, 7) is 8.53. The number of thiophene rings is 1. The Morgan fingerprint density at radius 3 is 2.91 bits per heavy atom. The molecule has 0 N–H and O–H groups in total. The SMILES string of the molecule is CCCCN1CC=C(c2csc3cccc(OCC)c23)CC1. The van der Waals surface area contributed by atoms with Crippen molar-refractivity contribution in [2.24, 2.45) is 0 Å². The molecule has 0 fully saturated rings. The normalized spacial score (nSPS) is 16.0. The minimum atomic E-state index is 0.720.